The summed E-state index contributed by atoms with van der Waals surface area (Å²) in [6.45, 7) is 2.26. The van der Waals surface area contributed by atoms with E-state index in [4.69, 9.17) is 14.7 Å². The Labute approximate surface area is 192 Å². The summed E-state index contributed by atoms with van der Waals surface area (Å²) < 4.78 is 10.7. The average molecular weight is 447 g/mol. The molecule has 0 aliphatic rings. The smallest absolute Gasteiger partial charge is 0.274 e. The van der Waals surface area contributed by atoms with Crippen LogP contribution in [0.1, 0.15) is 32.6 Å². The van der Waals surface area contributed by atoms with E-state index in [1.807, 2.05) is 43.3 Å². The molecule has 0 aliphatic heterocycles. The van der Waals surface area contributed by atoms with Gasteiger partial charge in [-0.15, -0.1) is 0 Å². The van der Waals surface area contributed by atoms with Gasteiger partial charge in [-0.25, -0.2) is 5.48 Å². The van der Waals surface area contributed by atoms with Gasteiger partial charge >= 0.3 is 0 Å². The van der Waals surface area contributed by atoms with Gasteiger partial charge in [0.25, 0.3) is 11.8 Å². The van der Waals surface area contributed by atoms with E-state index in [2.05, 4.69) is 5.32 Å². The van der Waals surface area contributed by atoms with Crippen LogP contribution in [0.3, 0.4) is 0 Å². The van der Waals surface area contributed by atoms with Crippen LogP contribution in [0.5, 0.6) is 11.5 Å². The number of benzene rings is 3. The van der Waals surface area contributed by atoms with Crippen molar-refractivity contribution in [3.8, 4) is 11.5 Å². The van der Waals surface area contributed by atoms with E-state index in [1.54, 1.807) is 56.1 Å². The van der Waals surface area contributed by atoms with E-state index in [9.17, 15) is 9.59 Å². The normalized spacial score (nSPS) is 11.0. The van der Waals surface area contributed by atoms with Crippen molar-refractivity contribution in [3.05, 3.63) is 94.5 Å². The van der Waals surface area contributed by atoms with E-state index < -0.39 is 5.91 Å². The Hall–Kier alpha value is -4.10. The highest BCUT2D eigenvalue weighted by Gasteiger charge is 2.14. The van der Waals surface area contributed by atoms with E-state index >= 15 is 0 Å². The summed E-state index contributed by atoms with van der Waals surface area (Å²) in [5, 5.41) is 11.7. The monoisotopic (exact) mass is 446 g/mol. The number of ether oxygens (including phenoxy) is 2. The molecule has 0 atom stereocenters. The van der Waals surface area contributed by atoms with Gasteiger partial charge in [0.2, 0.25) is 0 Å². The van der Waals surface area contributed by atoms with Crippen LogP contribution in [0.2, 0.25) is 0 Å². The zero-order valence-corrected chi connectivity index (χ0v) is 18.7. The first-order valence-electron chi connectivity index (χ1n) is 10.3. The molecule has 0 spiro atoms. The lowest BCUT2D eigenvalue weighted by atomic mass is 10.0. The molecule has 0 saturated carbocycles. The second kappa shape index (κ2) is 11.0. The zero-order chi connectivity index (χ0) is 23.8. The van der Waals surface area contributed by atoms with Gasteiger partial charge in [-0.2, -0.15) is 0 Å². The number of nitrogens with one attached hydrogen (secondary N) is 2. The van der Waals surface area contributed by atoms with Gasteiger partial charge in [-0.1, -0.05) is 48.0 Å². The summed E-state index contributed by atoms with van der Waals surface area (Å²) in [7, 11) is 3.13. The van der Waals surface area contributed by atoms with Crippen LogP contribution in [0.25, 0.3) is 11.6 Å². The van der Waals surface area contributed by atoms with Gasteiger partial charge in [-0.05, 0) is 54.0 Å². The summed E-state index contributed by atoms with van der Waals surface area (Å²) in [5.41, 5.74) is 5.89. The fourth-order valence-electron chi connectivity index (χ4n) is 3.24. The Balaban J connectivity index is 1.86. The van der Waals surface area contributed by atoms with Crippen molar-refractivity contribution >= 4 is 23.5 Å². The molecule has 2 amide bonds. The number of rotatable bonds is 8. The molecular formula is C26H26N2O5. The Bertz CT molecular complexity index is 1150. The summed E-state index contributed by atoms with van der Waals surface area (Å²) in [6, 6.07) is 19.8. The minimum absolute atomic E-state index is 0.245. The summed E-state index contributed by atoms with van der Waals surface area (Å²) in [4.78, 5) is 24.6. The Kier molecular flexibility index (Phi) is 7.83. The fourth-order valence-corrected chi connectivity index (χ4v) is 3.24. The summed E-state index contributed by atoms with van der Waals surface area (Å²) in [5.74, 6) is 0.340. The minimum Gasteiger partial charge on any atom is -0.493 e. The molecule has 0 heterocycles. The highest BCUT2D eigenvalue weighted by atomic mass is 16.5. The molecule has 0 saturated heterocycles. The first-order chi connectivity index (χ1) is 15.9. The largest absolute Gasteiger partial charge is 0.493 e. The summed E-state index contributed by atoms with van der Waals surface area (Å²) >= 11 is 0. The predicted molar refractivity (Wildman–Crippen MR) is 126 cm³/mol. The molecule has 0 fully saturated rings. The standard InChI is InChI=1S/C26H26N2O5/c1-17-4-9-20(10-5-17)22(14-19-8-13-23(32-2)24(15-19)33-3)26(30)27-16-18-6-11-21(12-7-18)25(29)28-31/h4-15,31H,16H2,1-3H3,(H,27,30)(H,28,29). The Morgan fingerprint density at radius 1 is 0.879 bits per heavy atom. The van der Waals surface area contributed by atoms with Crippen molar-refractivity contribution < 1.29 is 24.3 Å². The topological polar surface area (TPSA) is 96.9 Å². The van der Waals surface area contributed by atoms with Crippen LogP contribution in [0.4, 0.5) is 0 Å². The molecule has 33 heavy (non-hydrogen) atoms. The number of hydroxylamine groups is 1. The molecule has 3 rings (SSSR count). The molecule has 0 aliphatic carbocycles. The van der Waals surface area contributed by atoms with Crippen LogP contribution in [-0.2, 0) is 11.3 Å². The SMILES string of the molecule is COc1ccc(C=C(C(=O)NCc2ccc(C(=O)NO)cc2)c2ccc(C)cc2)cc1OC. The van der Waals surface area contributed by atoms with E-state index in [0.29, 0.717) is 22.6 Å². The Morgan fingerprint density at radius 2 is 1.52 bits per heavy atom. The molecule has 0 unspecified atom stereocenters. The molecule has 3 aromatic carbocycles. The highest BCUT2D eigenvalue weighted by molar-refractivity contribution is 6.24. The van der Waals surface area contributed by atoms with Gasteiger partial charge in [0.1, 0.15) is 0 Å². The number of aryl methyl sites for hydroxylation is 1. The number of amides is 2. The molecule has 3 aromatic rings. The van der Waals surface area contributed by atoms with E-state index in [-0.39, 0.29) is 12.5 Å². The average Bonchev–Trinajstić information content (AvgIpc) is 2.86. The first kappa shape index (κ1) is 23.6. The number of carbonyl (C=O) groups is 2. The van der Waals surface area contributed by atoms with Gasteiger partial charge in [0, 0.05) is 17.7 Å². The maximum atomic E-state index is 13.2. The third kappa shape index (κ3) is 5.99. The molecule has 0 radical (unpaired) electrons. The maximum Gasteiger partial charge on any atom is 0.274 e. The molecule has 7 nitrogen and oxygen atoms in total. The molecule has 0 aromatic heterocycles. The molecule has 3 N–H and O–H groups in total. The summed E-state index contributed by atoms with van der Waals surface area (Å²) in [6.07, 6.45) is 1.80. The van der Waals surface area contributed by atoms with Crippen molar-refractivity contribution in [1.82, 2.24) is 10.8 Å². The molecule has 170 valence electrons. The number of hydrogen-bond donors (Lipinski definition) is 3. The van der Waals surface area contributed by atoms with Crippen LogP contribution in [-0.4, -0.2) is 31.2 Å². The second-order valence-electron chi connectivity index (χ2n) is 7.36. The van der Waals surface area contributed by atoms with Crippen molar-refractivity contribution in [2.45, 2.75) is 13.5 Å². The lowest BCUT2D eigenvalue weighted by molar-refractivity contribution is -0.115. The van der Waals surface area contributed by atoms with Crippen molar-refractivity contribution in [1.29, 1.82) is 0 Å². The van der Waals surface area contributed by atoms with Crippen LogP contribution < -0.4 is 20.3 Å². The van der Waals surface area contributed by atoms with Crippen molar-refractivity contribution in [3.63, 3.8) is 0 Å². The van der Waals surface area contributed by atoms with Crippen molar-refractivity contribution in [2.24, 2.45) is 0 Å². The highest BCUT2D eigenvalue weighted by Crippen LogP contribution is 2.29. The van der Waals surface area contributed by atoms with Gasteiger partial charge < -0.3 is 14.8 Å². The van der Waals surface area contributed by atoms with Gasteiger partial charge in [0.05, 0.1) is 14.2 Å². The van der Waals surface area contributed by atoms with Crippen LogP contribution in [0, 0.1) is 6.92 Å². The third-order valence-electron chi connectivity index (χ3n) is 5.10. The quantitative estimate of drug-likeness (QED) is 0.210. The van der Waals surface area contributed by atoms with Crippen LogP contribution in [0.15, 0.2) is 66.7 Å². The molecule has 7 heteroatoms. The minimum atomic E-state index is -0.593. The van der Waals surface area contributed by atoms with Gasteiger partial charge in [0.15, 0.2) is 11.5 Å². The molecular weight excluding hydrogens is 420 g/mol. The fraction of sp³-hybridized carbons (Fsp3) is 0.154. The first-order valence-corrected chi connectivity index (χ1v) is 10.3. The second-order valence-corrected chi connectivity index (χ2v) is 7.36. The lowest BCUT2D eigenvalue weighted by Gasteiger charge is -2.12. The van der Waals surface area contributed by atoms with E-state index in [0.717, 1.165) is 22.3 Å². The Morgan fingerprint density at radius 3 is 2.12 bits per heavy atom. The number of carbonyl (C=O) groups excluding carboxylic acids is 2. The van der Waals surface area contributed by atoms with Crippen molar-refractivity contribution in [2.75, 3.05) is 14.2 Å². The molecule has 0 bridgehead atoms. The predicted octanol–water partition coefficient (Wildman–Crippen LogP) is 3.99. The lowest BCUT2D eigenvalue weighted by Crippen LogP contribution is -2.24. The third-order valence-corrected chi connectivity index (χ3v) is 5.10. The number of hydrogen-bond acceptors (Lipinski definition) is 5. The zero-order valence-electron chi connectivity index (χ0n) is 18.7. The maximum absolute atomic E-state index is 13.2. The van der Waals surface area contributed by atoms with Gasteiger partial charge in [-0.3, -0.25) is 14.8 Å². The van der Waals surface area contributed by atoms with Crippen LogP contribution >= 0.6 is 0 Å². The number of methoxy groups -OCH3 is 2. The van der Waals surface area contributed by atoms with E-state index in [1.165, 1.54) is 0 Å².